The Morgan fingerprint density at radius 3 is 3.00 bits per heavy atom. The molecule has 2 unspecified atom stereocenters. The van der Waals surface area contributed by atoms with Crippen LogP contribution in [-0.2, 0) is 0 Å². The van der Waals surface area contributed by atoms with Crippen LogP contribution in [0.5, 0.6) is 0 Å². The molecule has 4 heteroatoms. The fourth-order valence-corrected chi connectivity index (χ4v) is 2.87. The van der Waals surface area contributed by atoms with E-state index in [0.29, 0.717) is 16.6 Å². The van der Waals surface area contributed by atoms with E-state index in [2.05, 4.69) is 12.2 Å². The quantitative estimate of drug-likeness (QED) is 0.843. The highest BCUT2D eigenvalue weighted by molar-refractivity contribution is 6.33. The monoisotopic (exact) mass is 267 g/mol. The maximum absolute atomic E-state index is 12.0. The van der Waals surface area contributed by atoms with Crippen molar-refractivity contribution in [2.24, 2.45) is 0 Å². The second-order valence-corrected chi connectivity index (χ2v) is 5.20. The predicted octanol–water partition coefficient (Wildman–Crippen LogP) is 1.14. The molecule has 0 radical (unpaired) electrons. The van der Waals surface area contributed by atoms with E-state index in [1.165, 1.54) is 19.4 Å². The Kier molecular flexibility index (Phi) is 4.61. The Balaban J connectivity index is 1.91. The summed E-state index contributed by atoms with van der Waals surface area (Å²) in [6, 6.07) is 7.73. The first-order chi connectivity index (χ1) is 8.72. The van der Waals surface area contributed by atoms with Gasteiger partial charge in [0.25, 0.3) is 5.91 Å². The van der Waals surface area contributed by atoms with Gasteiger partial charge in [-0.2, -0.15) is 0 Å². The van der Waals surface area contributed by atoms with Gasteiger partial charge in [0.2, 0.25) is 0 Å². The number of quaternary nitrogens is 1. The molecule has 1 amide bonds. The molecular weight excluding hydrogens is 248 g/mol. The third-order valence-corrected chi connectivity index (χ3v) is 4.04. The maximum atomic E-state index is 12.0. The maximum Gasteiger partial charge on any atom is 0.253 e. The Morgan fingerprint density at radius 1 is 1.50 bits per heavy atom. The number of likely N-dealkylation sites (tertiary alicyclic amines) is 1. The number of benzene rings is 1. The molecule has 0 spiro atoms. The second kappa shape index (κ2) is 6.21. The van der Waals surface area contributed by atoms with Gasteiger partial charge in [-0.15, -0.1) is 0 Å². The molecule has 0 bridgehead atoms. The van der Waals surface area contributed by atoms with Crippen molar-refractivity contribution in [2.45, 2.75) is 25.8 Å². The number of hydrogen-bond donors (Lipinski definition) is 2. The van der Waals surface area contributed by atoms with E-state index >= 15 is 0 Å². The smallest absolute Gasteiger partial charge is 0.253 e. The first-order valence-corrected chi connectivity index (χ1v) is 6.97. The Labute approximate surface area is 113 Å². The molecule has 1 aromatic carbocycles. The van der Waals surface area contributed by atoms with Crippen molar-refractivity contribution >= 4 is 17.5 Å². The van der Waals surface area contributed by atoms with E-state index in [1.54, 1.807) is 17.0 Å². The molecule has 2 rings (SSSR count). The summed E-state index contributed by atoms with van der Waals surface area (Å²) in [5.74, 6) is -0.0667. The molecule has 3 nitrogen and oxygen atoms in total. The van der Waals surface area contributed by atoms with Crippen LogP contribution < -0.4 is 10.2 Å². The van der Waals surface area contributed by atoms with Crippen LogP contribution in [0.1, 0.15) is 30.1 Å². The average Bonchev–Trinajstić information content (AvgIpc) is 2.84. The molecule has 18 heavy (non-hydrogen) atoms. The summed E-state index contributed by atoms with van der Waals surface area (Å²) >= 11 is 6.00. The number of carbonyl (C=O) groups is 1. The number of halogens is 1. The van der Waals surface area contributed by atoms with Crippen LogP contribution in [0.2, 0.25) is 5.02 Å². The molecule has 1 aliphatic rings. The van der Waals surface area contributed by atoms with Crippen LogP contribution in [0.3, 0.4) is 0 Å². The lowest BCUT2D eigenvalue weighted by atomic mass is 10.2. The summed E-state index contributed by atoms with van der Waals surface area (Å²) in [5.41, 5.74) is 0.565. The zero-order valence-corrected chi connectivity index (χ0v) is 11.5. The van der Waals surface area contributed by atoms with Crippen LogP contribution in [0, 0.1) is 0 Å². The number of nitrogens with one attached hydrogen (secondary N) is 2. The molecular formula is C14H20ClN2O+. The first kappa shape index (κ1) is 13.4. The molecule has 1 saturated heterocycles. The minimum absolute atomic E-state index is 0.0667. The normalized spacial score (nSPS) is 23.0. The molecule has 0 aliphatic carbocycles. The highest BCUT2D eigenvalue weighted by Gasteiger charge is 2.27. The van der Waals surface area contributed by atoms with Crippen LogP contribution in [0.25, 0.3) is 0 Å². The van der Waals surface area contributed by atoms with Crippen molar-refractivity contribution in [1.82, 2.24) is 5.32 Å². The van der Waals surface area contributed by atoms with E-state index in [0.717, 1.165) is 13.1 Å². The summed E-state index contributed by atoms with van der Waals surface area (Å²) in [5, 5.41) is 3.52. The largest absolute Gasteiger partial charge is 0.346 e. The number of likely N-dealkylation sites (N-methyl/N-ethyl adjacent to an activating group) is 1. The summed E-state index contributed by atoms with van der Waals surface area (Å²) in [6.07, 6.45) is 2.46. The lowest BCUT2D eigenvalue weighted by Crippen LogP contribution is -3.14. The molecule has 2 N–H and O–H groups in total. The second-order valence-electron chi connectivity index (χ2n) is 4.79. The van der Waals surface area contributed by atoms with Crippen molar-refractivity contribution in [1.29, 1.82) is 0 Å². The van der Waals surface area contributed by atoms with E-state index < -0.39 is 0 Å². The van der Waals surface area contributed by atoms with Gasteiger partial charge in [0, 0.05) is 12.8 Å². The molecule has 1 aromatic rings. The predicted molar refractivity (Wildman–Crippen MR) is 73.2 cm³/mol. The van der Waals surface area contributed by atoms with Crippen LogP contribution in [0.4, 0.5) is 0 Å². The highest BCUT2D eigenvalue weighted by atomic mass is 35.5. The van der Waals surface area contributed by atoms with Crippen molar-refractivity contribution in [3.8, 4) is 0 Å². The van der Waals surface area contributed by atoms with Gasteiger partial charge in [-0.3, -0.25) is 4.79 Å². The first-order valence-electron chi connectivity index (χ1n) is 6.59. The van der Waals surface area contributed by atoms with E-state index in [4.69, 9.17) is 11.6 Å². The van der Waals surface area contributed by atoms with Gasteiger partial charge < -0.3 is 10.2 Å². The minimum atomic E-state index is -0.0667. The zero-order valence-electron chi connectivity index (χ0n) is 10.7. The SMILES string of the molecule is CC[NH+]1CCCC1CNC(=O)c1ccccc1Cl. The Hall–Kier alpha value is -1.06. The van der Waals surface area contributed by atoms with Crippen molar-refractivity contribution in [3.05, 3.63) is 34.9 Å². The van der Waals surface area contributed by atoms with Crippen LogP contribution in [-0.4, -0.2) is 31.6 Å². The fourth-order valence-electron chi connectivity index (χ4n) is 2.65. The van der Waals surface area contributed by atoms with Gasteiger partial charge in [-0.05, 0) is 19.1 Å². The number of rotatable bonds is 4. The lowest BCUT2D eigenvalue weighted by molar-refractivity contribution is -0.909. The summed E-state index contributed by atoms with van der Waals surface area (Å²) in [4.78, 5) is 13.6. The van der Waals surface area contributed by atoms with Crippen molar-refractivity contribution < 1.29 is 9.69 Å². The van der Waals surface area contributed by atoms with Crippen LogP contribution in [0.15, 0.2) is 24.3 Å². The molecule has 0 aromatic heterocycles. The highest BCUT2D eigenvalue weighted by Crippen LogP contribution is 2.14. The average molecular weight is 268 g/mol. The fraction of sp³-hybridized carbons (Fsp3) is 0.500. The third-order valence-electron chi connectivity index (χ3n) is 3.71. The van der Waals surface area contributed by atoms with E-state index in [9.17, 15) is 4.79 Å². The number of carbonyl (C=O) groups excluding carboxylic acids is 1. The van der Waals surface area contributed by atoms with Crippen molar-refractivity contribution in [2.75, 3.05) is 19.6 Å². The van der Waals surface area contributed by atoms with E-state index in [-0.39, 0.29) is 5.91 Å². The van der Waals surface area contributed by atoms with Gasteiger partial charge in [-0.25, -0.2) is 0 Å². The zero-order chi connectivity index (χ0) is 13.0. The van der Waals surface area contributed by atoms with Gasteiger partial charge in [-0.1, -0.05) is 23.7 Å². The minimum Gasteiger partial charge on any atom is -0.346 e. The molecule has 2 atom stereocenters. The van der Waals surface area contributed by atoms with Crippen LogP contribution >= 0.6 is 11.6 Å². The van der Waals surface area contributed by atoms with Gasteiger partial charge in [0.1, 0.15) is 6.04 Å². The summed E-state index contributed by atoms with van der Waals surface area (Å²) in [6.45, 7) is 5.30. The Bertz CT molecular complexity index is 422. The standard InChI is InChI=1S/C14H19ClN2O/c1-2-17-9-5-6-11(17)10-16-14(18)12-7-3-4-8-13(12)15/h3-4,7-8,11H,2,5-6,9-10H2,1H3,(H,16,18)/p+1. The molecule has 1 heterocycles. The topological polar surface area (TPSA) is 33.5 Å². The summed E-state index contributed by atoms with van der Waals surface area (Å²) in [7, 11) is 0. The molecule has 1 aliphatic heterocycles. The lowest BCUT2D eigenvalue weighted by Gasteiger charge is -2.20. The third kappa shape index (κ3) is 3.03. The van der Waals surface area contributed by atoms with Gasteiger partial charge in [0.05, 0.1) is 30.2 Å². The number of amides is 1. The molecule has 0 saturated carbocycles. The summed E-state index contributed by atoms with van der Waals surface area (Å²) < 4.78 is 0. The number of hydrogen-bond acceptors (Lipinski definition) is 1. The molecule has 98 valence electrons. The Morgan fingerprint density at radius 2 is 2.28 bits per heavy atom. The van der Waals surface area contributed by atoms with Crippen molar-refractivity contribution in [3.63, 3.8) is 0 Å². The van der Waals surface area contributed by atoms with E-state index in [1.807, 2.05) is 12.1 Å². The van der Waals surface area contributed by atoms with Gasteiger partial charge >= 0.3 is 0 Å². The molecule has 1 fully saturated rings. The van der Waals surface area contributed by atoms with Gasteiger partial charge in [0.15, 0.2) is 0 Å².